The highest BCUT2D eigenvalue weighted by Crippen LogP contribution is 2.19. The van der Waals surface area contributed by atoms with E-state index < -0.39 is 0 Å². The highest BCUT2D eigenvalue weighted by molar-refractivity contribution is 6.07. The van der Waals surface area contributed by atoms with Crippen LogP contribution in [0.4, 0.5) is 0 Å². The third-order valence-electron chi connectivity index (χ3n) is 5.34. The van der Waals surface area contributed by atoms with E-state index in [1.807, 2.05) is 36.4 Å². The van der Waals surface area contributed by atoms with Gasteiger partial charge in [-0.3, -0.25) is 9.59 Å². The molecule has 0 aliphatic carbocycles. The fraction of sp³-hybridized carbons (Fsp3) is 0.115. The summed E-state index contributed by atoms with van der Waals surface area (Å²) in [5.41, 5.74) is 3.10. The molecule has 0 saturated carbocycles. The fourth-order valence-electron chi connectivity index (χ4n) is 3.65. The molecule has 0 fully saturated rings. The smallest absolute Gasteiger partial charge is 0.188 e. The molecule has 3 heterocycles. The van der Waals surface area contributed by atoms with E-state index in [4.69, 9.17) is 4.74 Å². The second-order valence-corrected chi connectivity index (χ2v) is 7.77. The summed E-state index contributed by atoms with van der Waals surface area (Å²) in [7, 11) is 0. The van der Waals surface area contributed by atoms with Crippen LogP contribution in [0.15, 0.2) is 79.3 Å². The predicted molar refractivity (Wildman–Crippen MR) is 126 cm³/mol. The molecule has 168 valence electrons. The molecule has 3 aromatic heterocycles. The molecule has 0 amide bonds. The van der Waals surface area contributed by atoms with E-state index in [-0.39, 0.29) is 24.4 Å². The summed E-state index contributed by atoms with van der Waals surface area (Å²) in [6, 6.07) is 18.5. The zero-order valence-electron chi connectivity index (χ0n) is 18.2. The minimum absolute atomic E-state index is 0.0394. The molecule has 0 aliphatic rings. The van der Waals surface area contributed by atoms with Crippen LogP contribution in [0.3, 0.4) is 0 Å². The minimum Gasteiger partial charge on any atom is -0.487 e. The summed E-state index contributed by atoms with van der Waals surface area (Å²) in [6.45, 7) is 0.426. The fourth-order valence-corrected chi connectivity index (χ4v) is 3.65. The van der Waals surface area contributed by atoms with Crippen molar-refractivity contribution in [2.75, 3.05) is 0 Å². The number of ether oxygens (including phenoxy) is 1. The molecule has 8 heteroatoms. The number of nitrogens with one attached hydrogen (secondary N) is 2. The number of nitrogens with zero attached hydrogens (tertiary/aromatic N) is 3. The Kier molecular flexibility index (Phi) is 5.94. The van der Waals surface area contributed by atoms with E-state index in [9.17, 15) is 9.59 Å². The summed E-state index contributed by atoms with van der Waals surface area (Å²) >= 11 is 0. The lowest BCUT2D eigenvalue weighted by Gasteiger charge is -2.06. The molecular formula is C26H21N5O3. The van der Waals surface area contributed by atoms with Crippen LogP contribution in [0.1, 0.15) is 38.1 Å². The Morgan fingerprint density at radius 3 is 2.47 bits per heavy atom. The number of aromatic amines is 2. The van der Waals surface area contributed by atoms with E-state index in [0.717, 1.165) is 5.56 Å². The number of pyridine rings is 1. The van der Waals surface area contributed by atoms with Crippen molar-refractivity contribution in [2.24, 2.45) is 0 Å². The molecule has 2 N–H and O–H groups in total. The number of para-hydroxylation sites is 1. The van der Waals surface area contributed by atoms with Crippen LogP contribution in [-0.4, -0.2) is 36.5 Å². The number of hydrogen-bond acceptors (Lipinski definition) is 6. The number of aromatic nitrogens is 5. The van der Waals surface area contributed by atoms with Gasteiger partial charge in [-0.05, 0) is 29.8 Å². The SMILES string of the molecule is O=C(Cc1nc2c(C(=O)Cc3ncc[nH]3)cccc2[nH]1)c1ccc(OCc2ccccc2)cn1. The molecule has 0 bridgehead atoms. The standard InChI is InChI=1S/C26H21N5O3/c32-22(13-24-27-11-12-28-24)19-7-4-8-21-26(19)31-25(30-21)14-23(33)20-10-9-18(15-29-20)34-16-17-5-2-1-3-6-17/h1-12,15H,13-14,16H2,(H,27,28)(H,30,31). The van der Waals surface area contributed by atoms with E-state index in [0.29, 0.717) is 46.3 Å². The number of ketones is 2. The van der Waals surface area contributed by atoms with Gasteiger partial charge in [0, 0.05) is 18.0 Å². The van der Waals surface area contributed by atoms with Gasteiger partial charge in [0.1, 0.15) is 29.7 Å². The predicted octanol–water partition coefficient (Wildman–Crippen LogP) is 4.11. The van der Waals surface area contributed by atoms with Gasteiger partial charge in [0.15, 0.2) is 11.6 Å². The maximum atomic E-state index is 12.8. The van der Waals surface area contributed by atoms with Gasteiger partial charge in [0.25, 0.3) is 0 Å². The van der Waals surface area contributed by atoms with Gasteiger partial charge >= 0.3 is 0 Å². The monoisotopic (exact) mass is 451 g/mol. The first-order chi connectivity index (χ1) is 16.7. The van der Waals surface area contributed by atoms with Crippen molar-refractivity contribution in [1.29, 1.82) is 0 Å². The largest absolute Gasteiger partial charge is 0.487 e. The third-order valence-corrected chi connectivity index (χ3v) is 5.34. The number of carbonyl (C=O) groups is 2. The second kappa shape index (κ2) is 9.50. The second-order valence-electron chi connectivity index (χ2n) is 7.77. The Balaban J connectivity index is 1.26. The van der Waals surface area contributed by atoms with Gasteiger partial charge in [0.05, 0.1) is 30.1 Å². The topological polar surface area (TPSA) is 114 Å². The summed E-state index contributed by atoms with van der Waals surface area (Å²) in [4.78, 5) is 44.5. The molecular weight excluding hydrogens is 430 g/mol. The minimum atomic E-state index is -0.183. The van der Waals surface area contributed by atoms with E-state index in [2.05, 4.69) is 24.9 Å². The zero-order valence-corrected chi connectivity index (χ0v) is 18.2. The summed E-state index contributed by atoms with van der Waals surface area (Å²) < 4.78 is 5.73. The Morgan fingerprint density at radius 2 is 1.71 bits per heavy atom. The summed E-state index contributed by atoms with van der Waals surface area (Å²) in [5.74, 6) is 1.37. The van der Waals surface area contributed by atoms with Crippen molar-refractivity contribution < 1.29 is 14.3 Å². The van der Waals surface area contributed by atoms with Crippen LogP contribution in [-0.2, 0) is 19.4 Å². The number of hydrogen-bond donors (Lipinski definition) is 2. The van der Waals surface area contributed by atoms with Gasteiger partial charge in [0.2, 0.25) is 0 Å². The maximum Gasteiger partial charge on any atom is 0.188 e. The van der Waals surface area contributed by atoms with Crippen molar-refractivity contribution in [3.8, 4) is 5.75 Å². The Labute approximate surface area is 195 Å². The first kappa shape index (κ1) is 21.3. The Morgan fingerprint density at radius 1 is 0.853 bits per heavy atom. The molecule has 0 atom stereocenters. The average molecular weight is 451 g/mol. The van der Waals surface area contributed by atoms with Gasteiger partial charge in [-0.1, -0.05) is 36.4 Å². The molecule has 0 radical (unpaired) electrons. The number of fused-ring (bicyclic) bond motifs is 1. The molecule has 0 spiro atoms. The van der Waals surface area contributed by atoms with Crippen molar-refractivity contribution in [1.82, 2.24) is 24.9 Å². The number of carbonyl (C=O) groups excluding carboxylic acids is 2. The molecule has 0 saturated heterocycles. The van der Waals surface area contributed by atoms with E-state index in [1.165, 1.54) is 0 Å². The molecule has 0 unspecified atom stereocenters. The number of H-pyrrole nitrogens is 2. The van der Waals surface area contributed by atoms with Crippen LogP contribution in [0.25, 0.3) is 11.0 Å². The Bertz CT molecular complexity index is 1420. The first-order valence-electron chi connectivity index (χ1n) is 10.8. The third kappa shape index (κ3) is 4.75. The lowest BCUT2D eigenvalue weighted by atomic mass is 10.1. The van der Waals surface area contributed by atoms with Crippen LogP contribution in [0.5, 0.6) is 5.75 Å². The molecule has 5 rings (SSSR count). The lowest BCUT2D eigenvalue weighted by molar-refractivity contribution is 0.0981. The van der Waals surface area contributed by atoms with Gasteiger partial charge in [-0.25, -0.2) is 15.0 Å². The zero-order chi connectivity index (χ0) is 23.3. The van der Waals surface area contributed by atoms with Crippen molar-refractivity contribution in [2.45, 2.75) is 19.4 Å². The number of imidazole rings is 2. The quantitative estimate of drug-likeness (QED) is 0.326. The molecule has 0 aliphatic heterocycles. The van der Waals surface area contributed by atoms with E-state index in [1.54, 1.807) is 42.9 Å². The summed E-state index contributed by atoms with van der Waals surface area (Å²) in [6.07, 6.45) is 5.02. The van der Waals surface area contributed by atoms with Crippen LogP contribution < -0.4 is 4.74 Å². The van der Waals surface area contributed by atoms with Crippen LogP contribution >= 0.6 is 0 Å². The van der Waals surface area contributed by atoms with Crippen LogP contribution in [0.2, 0.25) is 0 Å². The number of Topliss-reactive ketones (excluding diaryl/α,β-unsaturated/α-hetero) is 2. The molecule has 5 aromatic rings. The number of rotatable bonds is 9. The van der Waals surface area contributed by atoms with Crippen molar-refractivity contribution in [3.05, 3.63) is 108 Å². The van der Waals surface area contributed by atoms with Crippen molar-refractivity contribution in [3.63, 3.8) is 0 Å². The van der Waals surface area contributed by atoms with E-state index >= 15 is 0 Å². The van der Waals surface area contributed by atoms with Crippen LogP contribution in [0, 0.1) is 0 Å². The average Bonchev–Trinajstić information content (AvgIpc) is 3.52. The van der Waals surface area contributed by atoms with Gasteiger partial charge in [-0.2, -0.15) is 0 Å². The first-order valence-corrected chi connectivity index (χ1v) is 10.8. The van der Waals surface area contributed by atoms with Gasteiger partial charge < -0.3 is 14.7 Å². The number of benzene rings is 2. The molecule has 34 heavy (non-hydrogen) atoms. The lowest BCUT2D eigenvalue weighted by Crippen LogP contribution is -2.07. The normalized spacial score (nSPS) is 10.9. The summed E-state index contributed by atoms with van der Waals surface area (Å²) in [5, 5.41) is 0. The Hall–Kier alpha value is -4.59. The highest BCUT2D eigenvalue weighted by Gasteiger charge is 2.17. The van der Waals surface area contributed by atoms with Crippen molar-refractivity contribution >= 4 is 22.6 Å². The molecule has 8 nitrogen and oxygen atoms in total. The maximum absolute atomic E-state index is 12.8. The van der Waals surface area contributed by atoms with Gasteiger partial charge in [-0.15, -0.1) is 0 Å². The molecule has 2 aromatic carbocycles. The highest BCUT2D eigenvalue weighted by atomic mass is 16.5.